The Morgan fingerprint density at radius 1 is 1.31 bits per heavy atom. The van der Waals surface area contributed by atoms with Gasteiger partial charge in [0.05, 0.1) is 0 Å². The molecule has 0 aromatic rings. The molecule has 0 N–H and O–H groups in total. The smallest absolute Gasteiger partial charge is 0.150 e. The molecule has 13 heavy (non-hydrogen) atoms. The van der Waals surface area contributed by atoms with Crippen molar-refractivity contribution >= 4 is 24.2 Å². The first-order valence-corrected chi connectivity index (χ1v) is 9.26. The third kappa shape index (κ3) is 8.51. The number of unbranched alkanes of at least 4 members (excludes halogenated alkanes) is 1. The highest BCUT2D eigenvalue weighted by molar-refractivity contribution is 7.19. The number of carbonyl (C=O) groups is 1. The second kappa shape index (κ2) is 5.81. The van der Waals surface area contributed by atoms with Gasteiger partial charge in [-0.1, -0.05) is 33.4 Å². The van der Waals surface area contributed by atoms with Crippen LogP contribution in [0.15, 0.2) is 0 Å². The lowest BCUT2D eigenvalue weighted by atomic mass is 10.0. The summed E-state index contributed by atoms with van der Waals surface area (Å²) in [6, 6.07) is 1.12. The van der Waals surface area contributed by atoms with Crippen molar-refractivity contribution in [2.24, 2.45) is 5.92 Å². The number of Topliss-reactive ketones (excluding diaryl/α,β-unsaturated/α-hetero) is 1. The van der Waals surface area contributed by atoms with Crippen LogP contribution in [0.5, 0.6) is 0 Å². The summed E-state index contributed by atoms with van der Waals surface area (Å²) in [6.45, 7) is 8.22. The van der Waals surface area contributed by atoms with E-state index in [1.165, 1.54) is 0 Å². The van der Waals surface area contributed by atoms with Gasteiger partial charge in [0.25, 0.3) is 0 Å². The third-order valence-electron chi connectivity index (χ3n) is 2.09. The number of hydrogen-bond acceptors (Lipinski definition) is 1. The fourth-order valence-corrected chi connectivity index (χ4v) is 2.62. The van der Waals surface area contributed by atoms with E-state index in [0.29, 0.717) is 5.78 Å². The quantitative estimate of drug-likeness (QED) is 0.378. The number of carbonyl (C=O) groups excluding carboxylic acids is 1. The van der Waals surface area contributed by atoms with Gasteiger partial charge in [0.1, 0.15) is 13.2 Å². The summed E-state index contributed by atoms with van der Waals surface area (Å²) in [7, 11) is -1.40. The standard InChI is InChI=1S/C10H21ClOSi/c1-9(2)10(12)7-5-6-8-13(3,4)11/h9H,5-8H2,1-4H3. The molecule has 0 radical (unpaired) electrons. The van der Waals surface area contributed by atoms with Gasteiger partial charge in [-0.2, -0.15) is 11.1 Å². The average molecular weight is 221 g/mol. The summed E-state index contributed by atoms with van der Waals surface area (Å²) >= 11 is 6.16. The Balaban J connectivity index is 3.42. The molecule has 0 unspecified atom stereocenters. The van der Waals surface area contributed by atoms with Crippen molar-refractivity contribution in [3.63, 3.8) is 0 Å². The van der Waals surface area contributed by atoms with Crippen LogP contribution in [0, 0.1) is 5.92 Å². The molecule has 0 saturated heterocycles. The molecular formula is C10H21ClOSi. The van der Waals surface area contributed by atoms with Crippen LogP contribution in [0.25, 0.3) is 0 Å². The van der Waals surface area contributed by atoms with Crippen LogP contribution in [-0.4, -0.2) is 13.2 Å². The maximum absolute atomic E-state index is 11.2. The first-order valence-electron chi connectivity index (χ1n) is 5.04. The number of rotatable bonds is 6. The monoisotopic (exact) mass is 220 g/mol. The van der Waals surface area contributed by atoms with E-state index in [9.17, 15) is 4.79 Å². The van der Waals surface area contributed by atoms with Crippen LogP contribution in [0.4, 0.5) is 0 Å². The molecule has 3 heteroatoms. The van der Waals surface area contributed by atoms with Gasteiger partial charge < -0.3 is 0 Å². The van der Waals surface area contributed by atoms with Crippen molar-refractivity contribution in [3.05, 3.63) is 0 Å². The Bertz CT molecular complexity index is 161. The predicted molar refractivity (Wildman–Crippen MR) is 61.8 cm³/mol. The Labute approximate surface area is 87.6 Å². The second-order valence-corrected chi connectivity index (χ2v) is 11.6. The number of halogens is 1. The zero-order chi connectivity index (χ0) is 10.5. The minimum atomic E-state index is -1.40. The van der Waals surface area contributed by atoms with Crippen LogP contribution < -0.4 is 0 Å². The fourth-order valence-electron chi connectivity index (χ4n) is 1.13. The summed E-state index contributed by atoms with van der Waals surface area (Å²) < 4.78 is 0. The molecular weight excluding hydrogens is 200 g/mol. The van der Waals surface area contributed by atoms with Gasteiger partial charge in [0.2, 0.25) is 0 Å². The van der Waals surface area contributed by atoms with E-state index in [-0.39, 0.29) is 5.92 Å². The Hall–Kier alpha value is 0.177. The number of hydrogen-bond donors (Lipinski definition) is 0. The highest BCUT2D eigenvalue weighted by Crippen LogP contribution is 2.18. The van der Waals surface area contributed by atoms with Gasteiger partial charge in [0.15, 0.2) is 0 Å². The fraction of sp³-hybridized carbons (Fsp3) is 0.900. The van der Waals surface area contributed by atoms with E-state index >= 15 is 0 Å². The van der Waals surface area contributed by atoms with Gasteiger partial charge in [-0.3, -0.25) is 4.79 Å². The lowest BCUT2D eigenvalue weighted by molar-refractivity contribution is -0.121. The molecule has 0 amide bonds. The van der Waals surface area contributed by atoms with Gasteiger partial charge in [-0.25, -0.2) is 0 Å². The van der Waals surface area contributed by atoms with Crippen molar-refractivity contribution in [1.29, 1.82) is 0 Å². The summed E-state index contributed by atoms with van der Waals surface area (Å²) in [5.41, 5.74) is 0. The van der Waals surface area contributed by atoms with Crippen molar-refractivity contribution in [2.75, 3.05) is 0 Å². The normalized spacial score (nSPS) is 12.2. The first-order chi connectivity index (χ1) is 5.83. The van der Waals surface area contributed by atoms with E-state index in [1.807, 2.05) is 13.8 Å². The Morgan fingerprint density at radius 2 is 1.85 bits per heavy atom. The maximum Gasteiger partial charge on any atom is 0.150 e. The Morgan fingerprint density at radius 3 is 2.23 bits per heavy atom. The lowest BCUT2D eigenvalue weighted by Gasteiger charge is -2.11. The molecule has 1 nitrogen and oxygen atoms in total. The molecule has 0 atom stereocenters. The van der Waals surface area contributed by atoms with Crippen LogP contribution >= 0.6 is 11.1 Å². The zero-order valence-electron chi connectivity index (χ0n) is 9.19. The van der Waals surface area contributed by atoms with E-state index in [4.69, 9.17) is 11.1 Å². The van der Waals surface area contributed by atoms with Gasteiger partial charge >= 0.3 is 0 Å². The highest BCUT2D eigenvalue weighted by atomic mass is 35.6. The molecule has 0 heterocycles. The Kier molecular flexibility index (Phi) is 5.89. The molecule has 78 valence electrons. The van der Waals surface area contributed by atoms with Crippen LogP contribution in [0.3, 0.4) is 0 Å². The molecule has 0 aromatic carbocycles. The number of ketones is 1. The molecule has 0 aliphatic carbocycles. The SMILES string of the molecule is CC(C)C(=O)CCCC[Si](C)(C)Cl. The minimum Gasteiger partial charge on any atom is -0.299 e. The second-order valence-electron chi connectivity index (χ2n) is 4.55. The summed E-state index contributed by atoms with van der Waals surface area (Å²) in [5.74, 6) is 0.579. The van der Waals surface area contributed by atoms with Crippen molar-refractivity contribution in [2.45, 2.75) is 52.2 Å². The molecule has 0 rings (SSSR count). The van der Waals surface area contributed by atoms with Crippen LogP contribution in [0.1, 0.15) is 33.1 Å². The minimum absolute atomic E-state index is 0.196. The average Bonchev–Trinajstić information content (AvgIpc) is 1.95. The predicted octanol–water partition coefficient (Wildman–Crippen LogP) is 3.83. The van der Waals surface area contributed by atoms with Gasteiger partial charge in [0, 0.05) is 12.3 Å². The first kappa shape index (κ1) is 13.2. The molecule has 0 bridgehead atoms. The van der Waals surface area contributed by atoms with Crippen LogP contribution in [0.2, 0.25) is 19.1 Å². The van der Waals surface area contributed by atoms with E-state index in [2.05, 4.69) is 13.1 Å². The maximum atomic E-state index is 11.2. The van der Waals surface area contributed by atoms with Gasteiger partial charge in [-0.15, -0.1) is 0 Å². The van der Waals surface area contributed by atoms with Crippen molar-refractivity contribution < 1.29 is 4.79 Å². The highest BCUT2D eigenvalue weighted by Gasteiger charge is 2.16. The van der Waals surface area contributed by atoms with E-state index < -0.39 is 7.38 Å². The zero-order valence-corrected chi connectivity index (χ0v) is 10.9. The summed E-state index contributed by atoms with van der Waals surface area (Å²) in [6.07, 6.45) is 2.86. The van der Waals surface area contributed by atoms with Crippen LogP contribution in [-0.2, 0) is 4.79 Å². The largest absolute Gasteiger partial charge is 0.299 e. The lowest BCUT2D eigenvalue weighted by Crippen LogP contribution is -2.15. The third-order valence-corrected chi connectivity index (χ3v) is 4.20. The van der Waals surface area contributed by atoms with Gasteiger partial charge in [-0.05, 0) is 12.5 Å². The van der Waals surface area contributed by atoms with E-state index in [1.54, 1.807) is 0 Å². The van der Waals surface area contributed by atoms with E-state index in [0.717, 1.165) is 25.3 Å². The molecule has 0 fully saturated rings. The molecule has 0 aliphatic rings. The van der Waals surface area contributed by atoms with Crippen molar-refractivity contribution in [3.8, 4) is 0 Å². The molecule has 0 saturated carbocycles. The molecule has 0 aliphatic heterocycles. The summed E-state index contributed by atoms with van der Waals surface area (Å²) in [5, 5.41) is 0. The van der Waals surface area contributed by atoms with Crippen molar-refractivity contribution in [1.82, 2.24) is 0 Å². The summed E-state index contributed by atoms with van der Waals surface area (Å²) in [4.78, 5) is 11.2. The topological polar surface area (TPSA) is 17.1 Å². The molecule has 0 spiro atoms. The molecule has 0 aromatic heterocycles.